The standard InChI is InChI=1S/C26H30BN/c1-25(2)17-27(18-26(25,3)4)19-14-15-22-21-12-8-9-13-23(21)28(24(22)16-19)20-10-6-5-7-11-20/h5-11,13-16,21H,12,17-18H2,1-4H3. The molecule has 1 atom stereocenters. The van der Waals surface area contributed by atoms with E-state index >= 15 is 0 Å². The van der Waals surface area contributed by atoms with Gasteiger partial charge in [0.2, 0.25) is 0 Å². The van der Waals surface area contributed by atoms with E-state index in [9.17, 15) is 0 Å². The van der Waals surface area contributed by atoms with Crippen molar-refractivity contribution in [3.63, 3.8) is 0 Å². The summed E-state index contributed by atoms with van der Waals surface area (Å²) in [5.74, 6) is 0.491. The molecule has 2 aromatic rings. The summed E-state index contributed by atoms with van der Waals surface area (Å²) in [6, 6.07) is 18.2. The quantitative estimate of drug-likeness (QED) is 0.545. The Hall–Kier alpha value is -2.22. The van der Waals surface area contributed by atoms with E-state index in [1.807, 2.05) is 0 Å². The third-order valence-electron chi connectivity index (χ3n) is 7.89. The summed E-state index contributed by atoms with van der Waals surface area (Å²) in [5, 5.41) is 0. The van der Waals surface area contributed by atoms with Crippen LogP contribution in [0.25, 0.3) is 0 Å². The lowest BCUT2D eigenvalue weighted by Gasteiger charge is -2.35. The number of hydrogen-bond acceptors (Lipinski definition) is 1. The molecule has 2 heteroatoms. The zero-order chi connectivity index (χ0) is 19.5. The number of rotatable bonds is 2. The Kier molecular flexibility index (Phi) is 3.92. The number of allylic oxidation sites excluding steroid dienone is 4. The van der Waals surface area contributed by atoms with Gasteiger partial charge in [-0.2, -0.15) is 0 Å². The highest BCUT2D eigenvalue weighted by Gasteiger charge is 2.48. The molecule has 0 bridgehead atoms. The third-order valence-corrected chi connectivity index (χ3v) is 7.89. The van der Waals surface area contributed by atoms with Crippen molar-refractivity contribution in [1.29, 1.82) is 0 Å². The van der Waals surface area contributed by atoms with Crippen LogP contribution < -0.4 is 10.4 Å². The van der Waals surface area contributed by atoms with Crippen molar-refractivity contribution < 1.29 is 0 Å². The van der Waals surface area contributed by atoms with Gasteiger partial charge in [0.15, 0.2) is 6.71 Å². The van der Waals surface area contributed by atoms with Crippen molar-refractivity contribution in [3.05, 3.63) is 78.0 Å². The van der Waals surface area contributed by atoms with Crippen LogP contribution >= 0.6 is 0 Å². The van der Waals surface area contributed by atoms with Crippen molar-refractivity contribution in [2.75, 3.05) is 4.90 Å². The van der Waals surface area contributed by atoms with Gasteiger partial charge in [-0.15, -0.1) is 0 Å². The molecule has 1 nitrogen and oxygen atoms in total. The SMILES string of the molecule is CC1(C)CB(c2ccc3c(c2)N(c2ccccc2)C2=CC=CCC23)CC1(C)C. The van der Waals surface area contributed by atoms with Crippen LogP contribution in [0, 0.1) is 10.8 Å². The maximum Gasteiger partial charge on any atom is 0.177 e. The van der Waals surface area contributed by atoms with Gasteiger partial charge in [-0.25, -0.2) is 0 Å². The van der Waals surface area contributed by atoms with Crippen LogP contribution in [0.4, 0.5) is 11.4 Å². The molecular formula is C26H30BN. The van der Waals surface area contributed by atoms with Gasteiger partial charge in [0.1, 0.15) is 0 Å². The van der Waals surface area contributed by atoms with Crippen LogP contribution in [0.15, 0.2) is 72.5 Å². The minimum absolute atomic E-state index is 0.385. The summed E-state index contributed by atoms with van der Waals surface area (Å²) >= 11 is 0. The normalized spacial score (nSPS) is 24.1. The average Bonchev–Trinajstić information content (AvgIpc) is 3.12. The van der Waals surface area contributed by atoms with Crippen LogP contribution in [-0.2, 0) is 0 Å². The monoisotopic (exact) mass is 367 g/mol. The van der Waals surface area contributed by atoms with Crippen LogP contribution in [0.5, 0.6) is 0 Å². The summed E-state index contributed by atoms with van der Waals surface area (Å²) in [7, 11) is 0. The number of fused-ring (bicyclic) bond motifs is 3. The maximum absolute atomic E-state index is 2.50. The predicted octanol–water partition coefficient (Wildman–Crippen LogP) is 6.53. The Morgan fingerprint density at radius 3 is 2.36 bits per heavy atom. The van der Waals surface area contributed by atoms with Crippen molar-refractivity contribution in [3.8, 4) is 0 Å². The van der Waals surface area contributed by atoms with Gasteiger partial charge in [-0.3, -0.25) is 0 Å². The fourth-order valence-corrected chi connectivity index (χ4v) is 5.53. The van der Waals surface area contributed by atoms with Gasteiger partial charge in [0.05, 0.1) is 0 Å². The van der Waals surface area contributed by atoms with Crippen LogP contribution in [0.2, 0.25) is 12.6 Å². The zero-order valence-corrected chi connectivity index (χ0v) is 17.6. The molecule has 2 aliphatic heterocycles. The first-order valence-corrected chi connectivity index (χ1v) is 10.7. The molecule has 3 aliphatic rings. The first-order chi connectivity index (χ1) is 13.4. The van der Waals surface area contributed by atoms with Crippen molar-refractivity contribution >= 4 is 23.6 Å². The molecule has 5 rings (SSSR count). The molecule has 28 heavy (non-hydrogen) atoms. The van der Waals surface area contributed by atoms with Gasteiger partial charge >= 0.3 is 0 Å². The molecule has 1 aliphatic carbocycles. The van der Waals surface area contributed by atoms with Gasteiger partial charge in [-0.05, 0) is 47.1 Å². The lowest BCUT2D eigenvalue weighted by atomic mass is 9.42. The Bertz CT molecular complexity index is 951. The maximum atomic E-state index is 2.50. The second-order valence-corrected chi connectivity index (χ2v) is 10.2. The number of anilines is 2. The summed E-state index contributed by atoms with van der Waals surface area (Å²) in [6.07, 6.45) is 10.5. The van der Waals surface area contributed by atoms with E-state index in [-0.39, 0.29) is 0 Å². The van der Waals surface area contributed by atoms with Crippen LogP contribution in [-0.4, -0.2) is 6.71 Å². The number of para-hydroxylation sites is 1. The predicted molar refractivity (Wildman–Crippen MR) is 122 cm³/mol. The second-order valence-electron chi connectivity index (χ2n) is 10.2. The zero-order valence-electron chi connectivity index (χ0n) is 17.6. The highest BCUT2D eigenvalue weighted by molar-refractivity contribution is 6.74. The summed E-state index contributed by atoms with van der Waals surface area (Å²) in [6.45, 7) is 10.4. The molecule has 1 fully saturated rings. The molecule has 0 radical (unpaired) electrons. The Morgan fingerprint density at radius 2 is 1.64 bits per heavy atom. The summed E-state index contributed by atoms with van der Waals surface area (Å²) in [5.41, 5.74) is 7.87. The van der Waals surface area contributed by atoms with E-state index in [2.05, 4.69) is 99.4 Å². The topological polar surface area (TPSA) is 3.24 Å². The van der Waals surface area contributed by atoms with E-state index in [4.69, 9.17) is 0 Å². The Balaban J connectivity index is 1.59. The average molecular weight is 367 g/mol. The van der Waals surface area contributed by atoms with E-state index in [1.165, 1.54) is 40.7 Å². The summed E-state index contributed by atoms with van der Waals surface area (Å²) < 4.78 is 0. The fraction of sp³-hybridized carbons (Fsp3) is 0.385. The van der Waals surface area contributed by atoms with E-state index in [0.717, 1.165) is 6.42 Å². The lowest BCUT2D eigenvalue weighted by Crippen LogP contribution is -2.28. The van der Waals surface area contributed by atoms with Crippen LogP contribution in [0.3, 0.4) is 0 Å². The van der Waals surface area contributed by atoms with Crippen molar-refractivity contribution in [2.24, 2.45) is 10.8 Å². The molecule has 0 aromatic heterocycles. The van der Waals surface area contributed by atoms with E-state index < -0.39 is 0 Å². The Labute approximate surface area is 170 Å². The number of hydrogen-bond donors (Lipinski definition) is 0. The molecule has 1 unspecified atom stereocenters. The molecule has 0 N–H and O–H groups in total. The minimum Gasteiger partial charge on any atom is -0.313 e. The van der Waals surface area contributed by atoms with Crippen molar-refractivity contribution in [2.45, 2.75) is 52.7 Å². The van der Waals surface area contributed by atoms with Gasteiger partial charge in [0, 0.05) is 23.0 Å². The van der Waals surface area contributed by atoms with Gasteiger partial charge in [-0.1, -0.05) is 88.3 Å². The van der Waals surface area contributed by atoms with Gasteiger partial charge < -0.3 is 4.90 Å². The fourth-order valence-electron chi connectivity index (χ4n) is 5.53. The van der Waals surface area contributed by atoms with E-state index in [0.29, 0.717) is 23.5 Å². The molecule has 2 heterocycles. The smallest absolute Gasteiger partial charge is 0.177 e. The molecule has 1 saturated heterocycles. The van der Waals surface area contributed by atoms with Crippen LogP contribution in [0.1, 0.15) is 45.6 Å². The highest BCUT2D eigenvalue weighted by Crippen LogP contribution is 2.54. The molecule has 2 aromatic carbocycles. The molecule has 142 valence electrons. The van der Waals surface area contributed by atoms with Crippen molar-refractivity contribution in [1.82, 2.24) is 0 Å². The first-order valence-electron chi connectivity index (χ1n) is 10.7. The molecule has 0 amide bonds. The van der Waals surface area contributed by atoms with Gasteiger partial charge in [0.25, 0.3) is 0 Å². The number of benzene rings is 2. The minimum atomic E-state index is 0.385. The molecular weight excluding hydrogens is 337 g/mol. The van der Waals surface area contributed by atoms with E-state index in [1.54, 1.807) is 0 Å². The largest absolute Gasteiger partial charge is 0.313 e. The molecule has 0 spiro atoms. The first kappa shape index (κ1) is 17.9. The lowest BCUT2D eigenvalue weighted by molar-refractivity contribution is 0.177. The highest BCUT2D eigenvalue weighted by atomic mass is 15.2. The third kappa shape index (κ3) is 2.61. The summed E-state index contributed by atoms with van der Waals surface area (Å²) in [4.78, 5) is 2.50. The Morgan fingerprint density at radius 1 is 0.929 bits per heavy atom. The number of nitrogens with zero attached hydrogens (tertiary/aromatic N) is 1. The second kappa shape index (κ2) is 6.14. The molecule has 0 saturated carbocycles.